The molecule has 0 radical (unpaired) electrons. The van der Waals surface area contributed by atoms with Crippen LogP contribution in [0.2, 0.25) is 0 Å². The van der Waals surface area contributed by atoms with E-state index in [1.54, 1.807) is 24.3 Å². The molecule has 20 heavy (non-hydrogen) atoms. The van der Waals surface area contributed by atoms with Gasteiger partial charge in [0.2, 0.25) is 10.0 Å². The van der Waals surface area contributed by atoms with Gasteiger partial charge < -0.3 is 5.11 Å². The average molecular weight is 311 g/mol. The van der Waals surface area contributed by atoms with E-state index in [-0.39, 0.29) is 13.2 Å². The van der Waals surface area contributed by atoms with E-state index >= 15 is 0 Å². The van der Waals surface area contributed by atoms with Gasteiger partial charge in [-0.25, -0.2) is 13.1 Å². The fourth-order valence-electron chi connectivity index (χ4n) is 1.78. The van der Waals surface area contributed by atoms with Crippen LogP contribution in [0.3, 0.4) is 0 Å². The quantitative estimate of drug-likeness (QED) is 0.860. The molecule has 0 saturated carbocycles. The van der Waals surface area contributed by atoms with E-state index in [9.17, 15) is 8.42 Å². The third-order valence-corrected chi connectivity index (χ3v) is 6.01. The van der Waals surface area contributed by atoms with E-state index in [2.05, 4.69) is 4.72 Å². The topological polar surface area (TPSA) is 66.4 Å². The molecular weight excluding hydrogens is 294 g/mol. The van der Waals surface area contributed by atoms with Crippen molar-refractivity contribution in [2.45, 2.75) is 30.7 Å². The maximum atomic E-state index is 12.1. The fraction of sp³-hybridized carbons (Fsp3) is 0.286. The van der Waals surface area contributed by atoms with Crippen LogP contribution in [0.25, 0.3) is 0 Å². The summed E-state index contributed by atoms with van der Waals surface area (Å²) in [5, 5.41) is 9.06. The molecule has 0 aliphatic heterocycles. The molecule has 2 aromatic rings. The molecule has 0 fully saturated rings. The molecule has 1 aromatic heterocycles. The molecule has 6 heteroatoms. The Bertz CT molecular complexity index is 677. The van der Waals surface area contributed by atoms with Crippen molar-refractivity contribution in [3.63, 3.8) is 0 Å². The summed E-state index contributed by atoms with van der Waals surface area (Å²) in [6.07, 6.45) is 0.832. The SMILES string of the molecule is CCc1ccc(S(=O)(=O)NCc2cccc(CO)c2)s1. The maximum Gasteiger partial charge on any atom is 0.250 e. The van der Waals surface area contributed by atoms with Crippen LogP contribution in [-0.4, -0.2) is 13.5 Å². The molecule has 0 saturated heterocycles. The van der Waals surface area contributed by atoms with Gasteiger partial charge in [-0.05, 0) is 29.7 Å². The van der Waals surface area contributed by atoms with Crippen molar-refractivity contribution in [2.24, 2.45) is 0 Å². The molecule has 0 spiro atoms. The lowest BCUT2D eigenvalue weighted by Crippen LogP contribution is -2.22. The Labute approximate surface area is 123 Å². The molecule has 0 unspecified atom stereocenters. The number of aliphatic hydroxyl groups is 1. The zero-order valence-corrected chi connectivity index (χ0v) is 12.8. The Kier molecular flexibility index (Phi) is 4.93. The Morgan fingerprint density at radius 3 is 2.60 bits per heavy atom. The predicted octanol–water partition coefficient (Wildman–Crippen LogP) is 2.28. The van der Waals surface area contributed by atoms with E-state index in [0.717, 1.165) is 22.4 Å². The molecule has 2 N–H and O–H groups in total. The first-order valence-electron chi connectivity index (χ1n) is 6.32. The molecule has 0 aliphatic carbocycles. The number of rotatable bonds is 6. The monoisotopic (exact) mass is 311 g/mol. The highest BCUT2D eigenvalue weighted by molar-refractivity contribution is 7.91. The molecule has 0 amide bonds. The molecule has 0 atom stereocenters. The molecule has 1 aromatic carbocycles. The molecule has 2 rings (SSSR count). The summed E-state index contributed by atoms with van der Waals surface area (Å²) < 4.78 is 27.2. The van der Waals surface area contributed by atoms with Crippen molar-refractivity contribution >= 4 is 21.4 Å². The molecule has 0 bridgehead atoms. The third kappa shape index (κ3) is 3.67. The Morgan fingerprint density at radius 1 is 1.20 bits per heavy atom. The maximum absolute atomic E-state index is 12.1. The van der Waals surface area contributed by atoms with Gasteiger partial charge in [0.25, 0.3) is 0 Å². The van der Waals surface area contributed by atoms with Crippen LogP contribution in [0.4, 0.5) is 0 Å². The average Bonchev–Trinajstić information content (AvgIpc) is 2.95. The van der Waals surface area contributed by atoms with Gasteiger partial charge in [0.1, 0.15) is 4.21 Å². The second-order valence-corrected chi connectivity index (χ2v) is 7.54. The van der Waals surface area contributed by atoms with Gasteiger partial charge in [0.15, 0.2) is 0 Å². The number of thiophene rings is 1. The van der Waals surface area contributed by atoms with Crippen LogP contribution in [0, 0.1) is 0 Å². The third-order valence-electron chi connectivity index (χ3n) is 2.89. The first-order chi connectivity index (χ1) is 9.55. The fourth-order valence-corrected chi connectivity index (χ4v) is 4.14. The zero-order valence-electron chi connectivity index (χ0n) is 11.2. The zero-order chi connectivity index (χ0) is 14.6. The summed E-state index contributed by atoms with van der Waals surface area (Å²) in [6, 6.07) is 10.7. The predicted molar refractivity (Wildman–Crippen MR) is 80.1 cm³/mol. The summed E-state index contributed by atoms with van der Waals surface area (Å²) in [4.78, 5) is 1.05. The van der Waals surface area contributed by atoms with Gasteiger partial charge in [-0.15, -0.1) is 11.3 Å². The number of sulfonamides is 1. The smallest absolute Gasteiger partial charge is 0.250 e. The van der Waals surface area contributed by atoms with Crippen LogP contribution in [-0.2, 0) is 29.6 Å². The lowest BCUT2D eigenvalue weighted by Gasteiger charge is -2.06. The van der Waals surface area contributed by atoms with Gasteiger partial charge in [0, 0.05) is 11.4 Å². The molecule has 108 valence electrons. The second kappa shape index (κ2) is 6.49. The summed E-state index contributed by atoms with van der Waals surface area (Å²) in [5.41, 5.74) is 1.60. The lowest BCUT2D eigenvalue weighted by atomic mass is 10.1. The van der Waals surface area contributed by atoms with Gasteiger partial charge >= 0.3 is 0 Å². The number of nitrogens with one attached hydrogen (secondary N) is 1. The van der Waals surface area contributed by atoms with Crippen molar-refractivity contribution in [3.05, 3.63) is 52.4 Å². The van der Waals surface area contributed by atoms with Crippen LogP contribution in [0.1, 0.15) is 22.9 Å². The van der Waals surface area contributed by atoms with Crippen LogP contribution < -0.4 is 4.72 Å². The van der Waals surface area contributed by atoms with Crippen molar-refractivity contribution in [1.29, 1.82) is 0 Å². The summed E-state index contributed by atoms with van der Waals surface area (Å²) in [7, 11) is -3.46. The number of benzene rings is 1. The van der Waals surface area contributed by atoms with Gasteiger partial charge in [-0.2, -0.15) is 0 Å². The largest absolute Gasteiger partial charge is 0.392 e. The Hall–Kier alpha value is -1.21. The Morgan fingerprint density at radius 2 is 1.95 bits per heavy atom. The van der Waals surface area contributed by atoms with E-state index in [1.807, 2.05) is 19.1 Å². The van der Waals surface area contributed by atoms with Crippen LogP contribution >= 0.6 is 11.3 Å². The summed E-state index contributed by atoms with van der Waals surface area (Å²) in [5.74, 6) is 0. The minimum atomic E-state index is -3.46. The standard InChI is InChI=1S/C14H17NO3S2/c1-2-13-6-7-14(19-13)20(17,18)15-9-11-4-3-5-12(8-11)10-16/h3-8,15-16H,2,9-10H2,1H3. The number of aryl methyl sites for hydroxylation is 1. The van der Waals surface area contributed by atoms with Crippen LogP contribution in [0.15, 0.2) is 40.6 Å². The highest BCUT2D eigenvalue weighted by Gasteiger charge is 2.16. The number of aliphatic hydroxyl groups excluding tert-OH is 1. The Balaban J connectivity index is 2.08. The highest BCUT2D eigenvalue weighted by Crippen LogP contribution is 2.22. The van der Waals surface area contributed by atoms with E-state index in [4.69, 9.17) is 5.11 Å². The first-order valence-corrected chi connectivity index (χ1v) is 8.62. The molecular formula is C14H17NO3S2. The minimum absolute atomic E-state index is 0.0502. The normalized spacial score (nSPS) is 11.7. The number of hydrogen-bond acceptors (Lipinski definition) is 4. The lowest BCUT2D eigenvalue weighted by molar-refractivity contribution is 0.281. The first kappa shape index (κ1) is 15.2. The molecule has 4 nitrogen and oxygen atoms in total. The van der Waals surface area contributed by atoms with Gasteiger partial charge in [-0.3, -0.25) is 0 Å². The molecule has 1 heterocycles. The van der Waals surface area contributed by atoms with E-state index in [1.165, 1.54) is 11.3 Å². The van der Waals surface area contributed by atoms with E-state index in [0.29, 0.717) is 4.21 Å². The summed E-state index contributed by atoms with van der Waals surface area (Å²) in [6.45, 7) is 2.16. The van der Waals surface area contributed by atoms with E-state index < -0.39 is 10.0 Å². The minimum Gasteiger partial charge on any atom is -0.392 e. The highest BCUT2D eigenvalue weighted by atomic mass is 32.2. The van der Waals surface area contributed by atoms with Crippen molar-refractivity contribution < 1.29 is 13.5 Å². The van der Waals surface area contributed by atoms with Crippen molar-refractivity contribution in [3.8, 4) is 0 Å². The van der Waals surface area contributed by atoms with Crippen LogP contribution in [0.5, 0.6) is 0 Å². The number of hydrogen-bond donors (Lipinski definition) is 2. The van der Waals surface area contributed by atoms with Crippen molar-refractivity contribution in [1.82, 2.24) is 4.72 Å². The summed E-state index contributed by atoms with van der Waals surface area (Å²) >= 11 is 1.29. The second-order valence-electron chi connectivity index (χ2n) is 4.38. The van der Waals surface area contributed by atoms with Gasteiger partial charge in [0.05, 0.1) is 6.61 Å². The molecule has 0 aliphatic rings. The van der Waals surface area contributed by atoms with Gasteiger partial charge in [-0.1, -0.05) is 31.2 Å². The van der Waals surface area contributed by atoms with Crippen molar-refractivity contribution in [2.75, 3.05) is 0 Å².